The van der Waals surface area contributed by atoms with Crippen molar-refractivity contribution in [1.82, 2.24) is 9.55 Å². The van der Waals surface area contributed by atoms with Gasteiger partial charge < -0.3 is 24.5 Å². The van der Waals surface area contributed by atoms with Crippen molar-refractivity contribution in [3.05, 3.63) is 123 Å². The fraction of sp³-hybridized carbons (Fsp3) is 0.0667. The first-order valence-corrected chi connectivity index (χ1v) is 13.0. The molecular weight excluding hydrogens is 597 g/mol. The summed E-state index contributed by atoms with van der Waals surface area (Å²) in [7, 11) is 1.35. The Bertz CT molecular complexity index is 1860. The summed E-state index contributed by atoms with van der Waals surface area (Å²) in [5.41, 5.74) is 0.650. The third kappa shape index (κ3) is 5.94. The molecule has 0 atom stereocenters. The number of carbonyl (C=O) groups excluding carboxylic acids is 1. The molecule has 0 radical (unpaired) electrons. The Kier molecular flexibility index (Phi) is 7.79. The number of hydrogen-bond donors (Lipinski definition) is 2. The Morgan fingerprint density at radius 2 is 1.78 bits per heavy atom. The summed E-state index contributed by atoms with van der Waals surface area (Å²) < 4.78 is 27.9. The molecule has 9 nitrogen and oxygen atoms in total. The fourth-order valence-corrected chi connectivity index (χ4v) is 4.69. The third-order valence-electron chi connectivity index (χ3n) is 6.16. The van der Waals surface area contributed by atoms with Gasteiger partial charge in [0.25, 0.3) is 11.5 Å². The van der Waals surface area contributed by atoms with E-state index >= 15 is 4.39 Å². The van der Waals surface area contributed by atoms with Gasteiger partial charge in [-0.05, 0) is 51.8 Å². The molecule has 0 unspecified atom stereocenters. The summed E-state index contributed by atoms with van der Waals surface area (Å²) in [5, 5.41) is 12.4. The van der Waals surface area contributed by atoms with E-state index in [1.165, 1.54) is 54.3 Å². The molecule has 0 fully saturated rings. The first-order chi connectivity index (χ1) is 19.7. The SMILES string of the molecule is COc1cc2nccc(Oc3ccc(NC(=O)c4cc(Br)cn(Cc5ccccc5)c4=O)cc3F)c2cc1C(=O)O. The van der Waals surface area contributed by atoms with Gasteiger partial charge in [0, 0.05) is 40.1 Å². The smallest absolute Gasteiger partial charge is 0.339 e. The number of nitrogens with one attached hydrogen (secondary N) is 1. The average Bonchev–Trinajstić information content (AvgIpc) is 2.96. The largest absolute Gasteiger partial charge is 0.496 e. The summed E-state index contributed by atoms with van der Waals surface area (Å²) >= 11 is 3.34. The van der Waals surface area contributed by atoms with Crippen LogP contribution in [-0.2, 0) is 6.54 Å². The van der Waals surface area contributed by atoms with Gasteiger partial charge in [0.15, 0.2) is 11.6 Å². The van der Waals surface area contributed by atoms with E-state index in [0.717, 1.165) is 11.6 Å². The van der Waals surface area contributed by atoms with Gasteiger partial charge >= 0.3 is 5.97 Å². The molecule has 5 rings (SSSR count). The van der Waals surface area contributed by atoms with Gasteiger partial charge in [0.1, 0.15) is 22.6 Å². The molecule has 0 saturated heterocycles. The number of carbonyl (C=O) groups is 2. The van der Waals surface area contributed by atoms with Crippen LogP contribution in [0.5, 0.6) is 17.2 Å². The number of rotatable bonds is 8. The summed E-state index contributed by atoms with van der Waals surface area (Å²) in [5.74, 6) is -2.59. The van der Waals surface area contributed by atoms with Crippen molar-refractivity contribution >= 4 is 44.4 Å². The molecule has 206 valence electrons. The lowest BCUT2D eigenvalue weighted by Gasteiger charge is -2.13. The number of benzene rings is 3. The zero-order valence-corrected chi connectivity index (χ0v) is 23.0. The fourth-order valence-electron chi connectivity index (χ4n) is 4.21. The van der Waals surface area contributed by atoms with E-state index in [9.17, 15) is 19.5 Å². The van der Waals surface area contributed by atoms with Crippen molar-refractivity contribution in [3.63, 3.8) is 0 Å². The van der Waals surface area contributed by atoms with Crippen LogP contribution in [0.2, 0.25) is 0 Å². The van der Waals surface area contributed by atoms with E-state index in [-0.39, 0.29) is 40.6 Å². The van der Waals surface area contributed by atoms with Gasteiger partial charge in [-0.25, -0.2) is 9.18 Å². The molecule has 0 saturated carbocycles. The normalized spacial score (nSPS) is 10.8. The lowest BCUT2D eigenvalue weighted by atomic mass is 10.1. The number of nitrogens with zero attached hydrogens (tertiary/aromatic N) is 2. The maximum atomic E-state index is 15.1. The van der Waals surface area contributed by atoms with Crippen LogP contribution in [-0.4, -0.2) is 33.6 Å². The Balaban J connectivity index is 1.38. The molecule has 0 aliphatic carbocycles. The molecule has 0 aliphatic heterocycles. The Morgan fingerprint density at radius 1 is 1.00 bits per heavy atom. The number of methoxy groups -OCH3 is 1. The van der Waals surface area contributed by atoms with Crippen LogP contribution in [0.4, 0.5) is 10.1 Å². The molecule has 11 heteroatoms. The number of ether oxygens (including phenoxy) is 2. The molecule has 1 amide bonds. The van der Waals surface area contributed by atoms with Crippen LogP contribution in [0.3, 0.4) is 0 Å². The Labute approximate surface area is 240 Å². The minimum atomic E-state index is -1.21. The second kappa shape index (κ2) is 11.6. The molecule has 2 heterocycles. The Hall–Kier alpha value is -5.03. The standard InChI is InChI=1S/C30H21BrFN3O6/c1-40-27-14-24-20(13-21(27)30(38)39)25(9-10-33-24)41-26-8-7-19(12-23(26)32)34-28(36)22-11-18(31)16-35(29(22)37)15-17-5-3-2-4-6-17/h2-14,16H,15H2,1H3,(H,34,36)(H,38,39). The molecule has 41 heavy (non-hydrogen) atoms. The molecule has 2 N–H and O–H groups in total. The van der Waals surface area contributed by atoms with Gasteiger partial charge in [-0.15, -0.1) is 0 Å². The highest BCUT2D eigenvalue weighted by Gasteiger charge is 2.18. The average molecular weight is 618 g/mol. The van der Waals surface area contributed by atoms with Crippen molar-refractivity contribution in [2.75, 3.05) is 12.4 Å². The highest BCUT2D eigenvalue weighted by molar-refractivity contribution is 9.10. The molecule has 3 aromatic carbocycles. The summed E-state index contributed by atoms with van der Waals surface area (Å²) in [6.45, 7) is 0.268. The minimum Gasteiger partial charge on any atom is -0.496 e. The van der Waals surface area contributed by atoms with E-state index < -0.39 is 23.3 Å². The highest BCUT2D eigenvalue weighted by atomic mass is 79.9. The number of halogens is 2. The maximum absolute atomic E-state index is 15.1. The van der Waals surface area contributed by atoms with Crippen molar-refractivity contribution in [1.29, 1.82) is 0 Å². The number of hydrogen-bond acceptors (Lipinski definition) is 6. The van der Waals surface area contributed by atoms with E-state index in [1.54, 1.807) is 6.20 Å². The summed E-state index contributed by atoms with van der Waals surface area (Å²) in [6, 6.07) is 18.8. The molecule has 5 aromatic rings. The molecule has 0 spiro atoms. The number of aromatic carboxylic acids is 1. The van der Waals surface area contributed by atoms with Crippen molar-refractivity contribution in [3.8, 4) is 17.2 Å². The minimum absolute atomic E-state index is 0.103. The molecule has 0 aliphatic rings. The third-order valence-corrected chi connectivity index (χ3v) is 6.59. The van der Waals surface area contributed by atoms with Gasteiger partial charge in [0.05, 0.1) is 19.2 Å². The van der Waals surface area contributed by atoms with Gasteiger partial charge in [-0.3, -0.25) is 14.6 Å². The molecule has 0 bridgehead atoms. The second-order valence-corrected chi connectivity index (χ2v) is 9.79. The highest BCUT2D eigenvalue weighted by Crippen LogP contribution is 2.34. The van der Waals surface area contributed by atoms with E-state index in [0.29, 0.717) is 15.4 Å². The van der Waals surface area contributed by atoms with E-state index in [4.69, 9.17) is 9.47 Å². The van der Waals surface area contributed by atoms with E-state index in [1.807, 2.05) is 30.3 Å². The van der Waals surface area contributed by atoms with Crippen LogP contribution < -0.4 is 20.3 Å². The van der Waals surface area contributed by atoms with Crippen LogP contribution in [0, 0.1) is 5.82 Å². The number of anilines is 1. The zero-order valence-electron chi connectivity index (χ0n) is 21.4. The van der Waals surface area contributed by atoms with Crippen molar-refractivity contribution < 1.29 is 28.6 Å². The second-order valence-electron chi connectivity index (χ2n) is 8.88. The molecule has 2 aromatic heterocycles. The van der Waals surface area contributed by atoms with E-state index in [2.05, 4.69) is 26.2 Å². The monoisotopic (exact) mass is 617 g/mol. The lowest BCUT2D eigenvalue weighted by molar-refractivity contribution is 0.0693. The Morgan fingerprint density at radius 3 is 2.49 bits per heavy atom. The zero-order chi connectivity index (χ0) is 29.1. The number of pyridine rings is 2. The quantitative estimate of drug-likeness (QED) is 0.216. The number of carboxylic acid groups (broad SMARTS) is 1. The predicted octanol–water partition coefficient (Wildman–Crippen LogP) is 6.10. The topological polar surface area (TPSA) is 120 Å². The van der Waals surface area contributed by atoms with Crippen LogP contribution >= 0.6 is 15.9 Å². The first-order valence-electron chi connectivity index (χ1n) is 12.2. The first kappa shape index (κ1) is 27.5. The van der Waals surface area contributed by atoms with Crippen LogP contribution in [0.25, 0.3) is 10.9 Å². The lowest BCUT2D eigenvalue weighted by Crippen LogP contribution is -2.29. The number of carboxylic acids is 1. The van der Waals surface area contributed by atoms with Gasteiger partial charge in [-0.1, -0.05) is 30.3 Å². The number of fused-ring (bicyclic) bond motifs is 1. The maximum Gasteiger partial charge on any atom is 0.339 e. The van der Waals surface area contributed by atoms with Crippen molar-refractivity contribution in [2.45, 2.75) is 6.54 Å². The number of amides is 1. The predicted molar refractivity (Wildman–Crippen MR) is 154 cm³/mol. The molecular formula is C30H21BrFN3O6. The van der Waals surface area contributed by atoms with Crippen molar-refractivity contribution in [2.24, 2.45) is 0 Å². The van der Waals surface area contributed by atoms with Crippen LogP contribution in [0.15, 0.2) is 94.5 Å². The summed E-state index contributed by atoms with van der Waals surface area (Å²) in [6.07, 6.45) is 3.03. The van der Waals surface area contributed by atoms with Crippen LogP contribution in [0.1, 0.15) is 26.3 Å². The number of aromatic nitrogens is 2. The summed E-state index contributed by atoms with van der Waals surface area (Å²) in [4.78, 5) is 41.9. The van der Waals surface area contributed by atoms with Gasteiger partial charge in [0.2, 0.25) is 0 Å². The van der Waals surface area contributed by atoms with Gasteiger partial charge in [-0.2, -0.15) is 0 Å².